The molecule has 1 saturated heterocycles. The second-order valence-corrected chi connectivity index (χ2v) is 14.6. The van der Waals surface area contributed by atoms with Gasteiger partial charge in [0.05, 0.1) is 17.9 Å². The van der Waals surface area contributed by atoms with Crippen LogP contribution in [0.4, 0.5) is 16.0 Å². The molecule has 226 valence electrons. The Morgan fingerprint density at radius 3 is 2.50 bits per heavy atom. The smallest absolute Gasteiger partial charge is 0.281 e. The van der Waals surface area contributed by atoms with E-state index in [1.165, 1.54) is 36.4 Å². The van der Waals surface area contributed by atoms with Gasteiger partial charge in [0, 0.05) is 23.7 Å². The average Bonchev–Trinajstić information content (AvgIpc) is 3.22. The Bertz CT molecular complexity index is 1580. The third-order valence-corrected chi connectivity index (χ3v) is 8.71. The van der Waals surface area contributed by atoms with Gasteiger partial charge >= 0.3 is 0 Å². The van der Waals surface area contributed by atoms with Gasteiger partial charge in [0.25, 0.3) is 15.9 Å². The van der Waals surface area contributed by atoms with E-state index in [1.807, 2.05) is 18.7 Å². The number of halogens is 1. The zero-order valence-corrected chi connectivity index (χ0v) is 26.0. The lowest BCUT2D eigenvalue weighted by molar-refractivity contribution is 0.0981. The van der Waals surface area contributed by atoms with Crippen LogP contribution in [-0.2, 0) is 10.0 Å². The molecule has 3 heterocycles. The summed E-state index contributed by atoms with van der Waals surface area (Å²) in [6, 6.07) is 11.6. The van der Waals surface area contributed by atoms with Gasteiger partial charge in [0.15, 0.2) is 5.03 Å². The molecular formula is C31H40FN5O4S. The van der Waals surface area contributed by atoms with E-state index in [0.717, 1.165) is 6.42 Å². The Morgan fingerprint density at radius 2 is 1.88 bits per heavy atom. The number of sulfonamides is 1. The van der Waals surface area contributed by atoms with Crippen molar-refractivity contribution in [3.05, 3.63) is 59.9 Å². The number of benzene rings is 1. The van der Waals surface area contributed by atoms with Crippen LogP contribution in [0.5, 0.6) is 5.75 Å². The lowest BCUT2D eigenvalue weighted by Crippen LogP contribution is -2.41. The van der Waals surface area contributed by atoms with Crippen LogP contribution < -0.4 is 20.1 Å². The Balaban J connectivity index is 1.80. The van der Waals surface area contributed by atoms with E-state index in [0.29, 0.717) is 36.0 Å². The molecule has 1 unspecified atom stereocenters. The monoisotopic (exact) mass is 597 g/mol. The maximum atomic E-state index is 14.7. The van der Waals surface area contributed by atoms with Crippen molar-refractivity contribution in [1.82, 2.24) is 14.7 Å². The number of carbonyl (C=O) groups is 1. The minimum atomic E-state index is -4.32. The number of nitrogens with two attached hydrogens (primary N) is 1. The number of aromatic nitrogens is 2. The van der Waals surface area contributed by atoms with Gasteiger partial charge < -0.3 is 15.4 Å². The Morgan fingerprint density at radius 1 is 1.17 bits per heavy atom. The Labute approximate surface area is 247 Å². The van der Waals surface area contributed by atoms with Crippen molar-refractivity contribution in [3.8, 4) is 17.0 Å². The van der Waals surface area contributed by atoms with E-state index in [4.69, 9.17) is 15.5 Å². The van der Waals surface area contributed by atoms with Gasteiger partial charge in [-0.15, -0.1) is 0 Å². The summed E-state index contributed by atoms with van der Waals surface area (Å²) in [6.45, 7) is 15.7. The zero-order valence-electron chi connectivity index (χ0n) is 25.2. The van der Waals surface area contributed by atoms with Gasteiger partial charge in [0.1, 0.15) is 23.2 Å². The van der Waals surface area contributed by atoms with Crippen LogP contribution in [0.15, 0.2) is 53.6 Å². The summed E-state index contributed by atoms with van der Waals surface area (Å²) in [4.78, 5) is 24.4. The summed E-state index contributed by atoms with van der Waals surface area (Å²) in [7, 11) is -4.32. The molecule has 11 heteroatoms. The summed E-state index contributed by atoms with van der Waals surface area (Å²) in [6.07, 6.45) is 0.835. The summed E-state index contributed by atoms with van der Waals surface area (Å²) in [5.74, 6) is -0.110. The SMILES string of the molecule is CC(C)COc1cc(F)cc(-c2ccc(C(=O)NS(=O)(=O)c3cccc(N)n3)c(N3CC(C(C)(C)C)CC3(C)C)n2)c1. The van der Waals surface area contributed by atoms with Gasteiger partial charge in [-0.3, -0.25) is 4.79 Å². The van der Waals surface area contributed by atoms with Gasteiger partial charge in [-0.25, -0.2) is 19.1 Å². The molecule has 0 spiro atoms. The number of carbonyl (C=O) groups excluding carboxylic acids is 1. The van der Waals surface area contributed by atoms with Crippen LogP contribution in [0.2, 0.25) is 0 Å². The molecule has 0 saturated carbocycles. The average molecular weight is 598 g/mol. The highest BCUT2D eigenvalue weighted by Crippen LogP contribution is 2.45. The number of anilines is 2. The number of hydrogen-bond acceptors (Lipinski definition) is 8. The number of ether oxygens (including phenoxy) is 1. The number of hydrogen-bond donors (Lipinski definition) is 2. The van der Waals surface area contributed by atoms with Crippen molar-refractivity contribution in [3.63, 3.8) is 0 Å². The van der Waals surface area contributed by atoms with Crippen LogP contribution in [0.3, 0.4) is 0 Å². The Kier molecular flexibility index (Phi) is 8.55. The minimum Gasteiger partial charge on any atom is -0.493 e. The maximum Gasteiger partial charge on any atom is 0.281 e. The number of rotatable bonds is 8. The van der Waals surface area contributed by atoms with Gasteiger partial charge in [-0.1, -0.05) is 40.7 Å². The van der Waals surface area contributed by atoms with Crippen LogP contribution >= 0.6 is 0 Å². The summed E-state index contributed by atoms with van der Waals surface area (Å²) >= 11 is 0. The molecule has 0 bridgehead atoms. The maximum absolute atomic E-state index is 14.7. The lowest BCUT2D eigenvalue weighted by atomic mass is 9.78. The first-order valence-electron chi connectivity index (χ1n) is 14.0. The fraction of sp³-hybridized carbons (Fsp3) is 0.452. The summed E-state index contributed by atoms with van der Waals surface area (Å²) in [5, 5.41) is -0.370. The molecule has 1 fully saturated rings. The fourth-order valence-electron chi connectivity index (χ4n) is 5.06. The fourth-order valence-corrected chi connectivity index (χ4v) is 6.00. The predicted octanol–water partition coefficient (Wildman–Crippen LogP) is 5.67. The number of nitrogens with zero attached hydrogens (tertiary/aromatic N) is 3. The molecule has 0 aliphatic carbocycles. The summed E-state index contributed by atoms with van der Waals surface area (Å²) < 4.78 is 48.6. The molecule has 3 aromatic rings. The first-order valence-corrected chi connectivity index (χ1v) is 15.5. The molecule has 1 amide bonds. The highest BCUT2D eigenvalue weighted by molar-refractivity contribution is 7.90. The molecule has 1 atom stereocenters. The molecule has 1 aliphatic heterocycles. The Hall–Kier alpha value is -3.73. The molecule has 3 N–H and O–H groups in total. The number of nitrogen functional groups attached to an aromatic ring is 1. The standard InChI is InChI=1S/C31H40FN5O4S/c1-19(2)18-41-23-14-20(13-22(32)15-23)25-12-11-24(29(38)36-42(39,40)27-10-8-9-26(33)35-27)28(34-25)37-17-21(30(3,4)5)16-31(37,6)7/h8-15,19,21H,16-18H2,1-7H3,(H2,33,35)(H,36,38). The van der Waals surface area contributed by atoms with Crippen LogP contribution in [-0.4, -0.2) is 43.0 Å². The number of amides is 1. The van der Waals surface area contributed by atoms with E-state index in [9.17, 15) is 17.6 Å². The van der Waals surface area contributed by atoms with Crippen LogP contribution in [0.1, 0.15) is 65.2 Å². The first-order chi connectivity index (χ1) is 19.5. The van der Waals surface area contributed by atoms with Crippen LogP contribution in [0.25, 0.3) is 11.3 Å². The number of pyridine rings is 2. The van der Waals surface area contributed by atoms with Gasteiger partial charge in [-0.05, 0) is 73.9 Å². The van der Waals surface area contributed by atoms with E-state index in [-0.39, 0.29) is 33.7 Å². The van der Waals surface area contributed by atoms with Crippen molar-refractivity contribution in [2.75, 3.05) is 23.8 Å². The quantitative estimate of drug-likeness (QED) is 0.340. The van der Waals surface area contributed by atoms with E-state index >= 15 is 0 Å². The second kappa shape index (κ2) is 11.5. The molecule has 0 radical (unpaired) electrons. The van der Waals surface area contributed by atoms with Crippen LogP contribution in [0, 0.1) is 23.1 Å². The first kappa shape index (κ1) is 31.2. The van der Waals surface area contributed by atoms with Crippen molar-refractivity contribution in [2.24, 2.45) is 17.3 Å². The topological polar surface area (TPSA) is 128 Å². The molecule has 2 aromatic heterocycles. The van der Waals surface area contributed by atoms with Gasteiger partial charge in [0.2, 0.25) is 0 Å². The molecule has 9 nitrogen and oxygen atoms in total. The van der Waals surface area contributed by atoms with E-state index < -0.39 is 27.3 Å². The van der Waals surface area contributed by atoms with E-state index in [1.54, 1.807) is 12.1 Å². The highest BCUT2D eigenvalue weighted by atomic mass is 32.2. The largest absolute Gasteiger partial charge is 0.493 e. The van der Waals surface area contributed by atoms with Crippen molar-refractivity contribution >= 4 is 27.6 Å². The highest BCUT2D eigenvalue weighted by Gasteiger charge is 2.44. The van der Waals surface area contributed by atoms with Crippen molar-refractivity contribution in [2.45, 2.75) is 65.5 Å². The molecule has 4 rings (SSSR count). The molecular weight excluding hydrogens is 557 g/mol. The normalized spacial score (nSPS) is 17.0. The third-order valence-electron chi connectivity index (χ3n) is 7.48. The third kappa shape index (κ3) is 7.00. The lowest BCUT2D eigenvalue weighted by Gasteiger charge is -2.34. The number of nitrogens with one attached hydrogen (secondary N) is 1. The molecule has 1 aliphatic rings. The predicted molar refractivity (Wildman–Crippen MR) is 162 cm³/mol. The molecule has 42 heavy (non-hydrogen) atoms. The van der Waals surface area contributed by atoms with Crippen molar-refractivity contribution in [1.29, 1.82) is 0 Å². The second-order valence-electron chi connectivity index (χ2n) is 13.0. The minimum absolute atomic E-state index is 0.0101. The molecule has 1 aromatic carbocycles. The zero-order chi connectivity index (χ0) is 31.0. The van der Waals surface area contributed by atoms with Crippen molar-refractivity contribution < 1.29 is 22.3 Å². The van der Waals surface area contributed by atoms with E-state index in [2.05, 4.69) is 44.3 Å². The summed E-state index contributed by atoms with van der Waals surface area (Å²) in [5.41, 5.74) is 6.22. The van der Waals surface area contributed by atoms with Gasteiger partial charge in [-0.2, -0.15) is 8.42 Å².